The van der Waals surface area contributed by atoms with Gasteiger partial charge in [-0.05, 0) is 24.5 Å². The molecule has 20 heavy (non-hydrogen) atoms. The third-order valence-electron chi connectivity index (χ3n) is 3.72. The van der Waals surface area contributed by atoms with Crippen LogP contribution >= 0.6 is 0 Å². The second-order valence-electron chi connectivity index (χ2n) is 5.01. The fourth-order valence-corrected chi connectivity index (χ4v) is 2.72. The Morgan fingerprint density at radius 1 is 1.35 bits per heavy atom. The van der Waals surface area contributed by atoms with Crippen molar-refractivity contribution in [3.05, 3.63) is 53.5 Å². The monoisotopic (exact) mass is 269 g/mol. The first-order valence-electron chi connectivity index (χ1n) is 6.51. The van der Waals surface area contributed by atoms with Gasteiger partial charge in [-0.3, -0.25) is 4.79 Å². The van der Waals surface area contributed by atoms with Crippen LogP contribution in [0.2, 0.25) is 0 Å². The Morgan fingerprint density at radius 3 is 2.80 bits per heavy atom. The van der Waals surface area contributed by atoms with E-state index in [9.17, 15) is 9.90 Å². The number of hydrogen-bond acceptors (Lipinski definition) is 4. The quantitative estimate of drug-likeness (QED) is 0.895. The summed E-state index contributed by atoms with van der Waals surface area (Å²) in [6.07, 6.45) is 3.77. The molecule has 1 heterocycles. The smallest absolute Gasteiger partial charge is 0.311 e. The molecular formula is C15H15N3O2. The second kappa shape index (κ2) is 4.92. The van der Waals surface area contributed by atoms with E-state index in [1.165, 1.54) is 6.33 Å². The first-order chi connectivity index (χ1) is 9.66. The van der Waals surface area contributed by atoms with E-state index in [1.807, 2.05) is 31.2 Å². The zero-order valence-electron chi connectivity index (χ0n) is 11.1. The second-order valence-corrected chi connectivity index (χ2v) is 5.01. The maximum atomic E-state index is 11.4. The molecule has 3 rings (SSSR count). The van der Waals surface area contributed by atoms with E-state index in [-0.39, 0.29) is 6.04 Å². The first-order valence-corrected chi connectivity index (χ1v) is 6.51. The summed E-state index contributed by atoms with van der Waals surface area (Å²) in [7, 11) is 0. The van der Waals surface area contributed by atoms with E-state index in [0.29, 0.717) is 6.42 Å². The topological polar surface area (TPSA) is 75.1 Å². The van der Waals surface area contributed by atoms with Gasteiger partial charge < -0.3 is 10.4 Å². The lowest BCUT2D eigenvalue weighted by atomic mass is 10.0. The highest BCUT2D eigenvalue weighted by Crippen LogP contribution is 2.41. The minimum absolute atomic E-state index is 0.0269. The van der Waals surface area contributed by atoms with Gasteiger partial charge in [-0.25, -0.2) is 9.97 Å². The standard InChI is InChI=1S/C15H15N3O2/c1-9-7-16-8-17-14(9)18-13-6-12(15(19)20)10-4-2-3-5-11(10)13/h2-5,7-8,12-13H,6H2,1H3,(H,19,20)(H,16,17,18). The Bertz CT molecular complexity index is 657. The van der Waals surface area contributed by atoms with Crippen molar-refractivity contribution < 1.29 is 9.90 Å². The number of carbonyl (C=O) groups is 1. The molecule has 1 aliphatic carbocycles. The highest BCUT2D eigenvalue weighted by Gasteiger charge is 2.35. The highest BCUT2D eigenvalue weighted by atomic mass is 16.4. The SMILES string of the molecule is Cc1cncnc1NC1CC(C(=O)O)c2ccccc21. The number of nitrogens with one attached hydrogen (secondary N) is 1. The molecule has 0 aliphatic heterocycles. The minimum Gasteiger partial charge on any atom is -0.481 e. The van der Waals surface area contributed by atoms with Crippen LogP contribution in [-0.4, -0.2) is 21.0 Å². The number of carboxylic acids is 1. The minimum atomic E-state index is -0.777. The molecule has 102 valence electrons. The number of aromatic nitrogens is 2. The van der Waals surface area contributed by atoms with E-state index in [2.05, 4.69) is 15.3 Å². The lowest BCUT2D eigenvalue weighted by molar-refractivity contribution is -0.138. The number of anilines is 1. The van der Waals surface area contributed by atoms with Gasteiger partial charge in [0.25, 0.3) is 0 Å². The van der Waals surface area contributed by atoms with Gasteiger partial charge in [0.1, 0.15) is 12.1 Å². The molecule has 0 saturated carbocycles. The van der Waals surface area contributed by atoms with Gasteiger partial charge in [-0.15, -0.1) is 0 Å². The van der Waals surface area contributed by atoms with Crippen molar-refractivity contribution in [2.24, 2.45) is 0 Å². The average molecular weight is 269 g/mol. The van der Waals surface area contributed by atoms with E-state index in [0.717, 1.165) is 22.5 Å². The molecule has 5 heteroatoms. The molecule has 2 N–H and O–H groups in total. The van der Waals surface area contributed by atoms with Crippen LogP contribution in [0.4, 0.5) is 5.82 Å². The molecule has 2 unspecified atom stereocenters. The van der Waals surface area contributed by atoms with Crippen LogP contribution in [0.1, 0.15) is 35.1 Å². The lowest BCUT2D eigenvalue weighted by Gasteiger charge is -2.16. The summed E-state index contributed by atoms with van der Waals surface area (Å²) in [5.74, 6) is -0.474. The number of fused-ring (bicyclic) bond motifs is 1. The van der Waals surface area contributed by atoms with Gasteiger partial charge in [0.05, 0.1) is 12.0 Å². The van der Waals surface area contributed by atoms with E-state index < -0.39 is 11.9 Å². The molecule has 2 atom stereocenters. The van der Waals surface area contributed by atoms with Crippen molar-refractivity contribution in [3.8, 4) is 0 Å². The molecule has 0 saturated heterocycles. The molecule has 1 aliphatic rings. The molecule has 0 fully saturated rings. The van der Waals surface area contributed by atoms with Crippen molar-refractivity contribution in [1.29, 1.82) is 0 Å². The zero-order valence-corrected chi connectivity index (χ0v) is 11.1. The van der Waals surface area contributed by atoms with Gasteiger partial charge in [0, 0.05) is 11.8 Å². The molecule has 1 aromatic carbocycles. The van der Waals surface area contributed by atoms with Gasteiger partial charge in [-0.2, -0.15) is 0 Å². The maximum Gasteiger partial charge on any atom is 0.311 e. The molecule has 1 aromatic heterocycles. The summed E-state index contributed by atoms with van der Waals surface area (Å²) < 4.78 is 0. The Balaban J connectivity index is 1.93. The fourth-order valence-electron chi connectivity index (χ4n) is 2.72. The van der Waals surface area contributed by atoms with Crippen LogP contribution < -0.4 is 5.32 Å². The summed E-state index contributed by atoms with van der Waals surface area (Å²) in [5, 5.41) is 12.7. The van der Waals surface area contributed by atoms with E-state index in [4.69, 9.17) is 0 Å². The average Bonchev–Trinajstić information content (AvgIpc) is 2.81. The molecule has 2 aromatic rings. The molecule has 5 nitrogen and oxygen atoms in total. The molecular weight excluding hydrogens is 254 g/mol. The summed E-state index contributed by atoms with van der Waals surface area (Å²) in [4.78, 5) is 19.6. The van der Waals surface area contributed by atoms with Crippen molar-refractivity contribution in [2.75, 3.05) is 5.32 Å². The lowest BCUT2D eigenvalue weighted by Crippen LogP contribution is -2.12. The van der Waals surface area contributed by atoms with Crippen LogP contribution in [-0.2, 0) is 4.79 Å². The summed E-state index contributed by atoms with van der Waals surface area (Å²) in [5.41, 5.74) is 2.88. The first kappa shape index (κ1) is 12.6. The van der Waals surface area contributed by atoms with Crippen molar-refractivity contribution in [3.63, 3.8) is 0 Å². The Morgan fingerprint density at radius 2 is 2.10 bits per heavy atom. The summed E-state index contributed by atoms with van der Waals surface area (Å²) in [6.45, 7) is 1.93. The number of aliphatic carboxylic acids is 1. The van der Waals surface area contributed by atoms with Crippen molar-refractivity contribution >= 4 is 11.8 Å². The predicted octanol–water partition coefficient (Wildman–Crippen LogP) is 2.51. The Labute approximate surface area is 116 Å². The third kappa shape index (κ3) is 2.11. The van der Waals surface area contributed by atoms with Crippen molar-refractivity contribution in [2.45, 2.75) is 25.3 Å². The summed E-state index contributed by atoms with van der Waals surface area (Å²) in [6, 6.07) is 7.66. The van der Waals surface area contributed by atoms with E-state index >= 15 is 0 Å². The fraction of sp³-hybridized carbons (Fsp3) is 0.267. The van der Waals surface area contributed by atoms with Crippen LogP contribution in [0.25, 0.3) is 0 Å². The highest BCUT2D eigenvalue weighted by molar-refractivity contribution is 5.78. The molecule has 0 amide bonds. The number of carboxylic acid groups (broad SMARTS) is 1. The Hall–Kier alpha value is -2.43. The normalized spacial score (nSPS) is 20.4. The number of aryl methyl sites for hydroxylation is 1. The molecule has 0 radical (unpaired) electrons. The number of nitrogens with zero attached hydrogens (tertiary/aromatic N) is 2. The van der Waals surface area contributed by atoms with Gasteiger partial charge in [-0.1, -0.05) is 24.3 Å². The van der Waals surface area contributed by atoms with Gasteiger partial charge >= 0.3 is 5.97 Å². The van der Waals surface area contributed by atoms with Gasteiger partial charge in [0.15, 0.2) is 0 Å². The van der Waals surface area contributed by atoms with Gasteiger partial charge in [0.2, 0.25) is 0 Å². The van der Waals surface area contributed by atoms with E-state index in [1.54, 1.807) is 6.20 Å². The van der Waals surface area contributed by atoms with Crippen LogP contribution in [0.3, 0.4) is 0 Å². The zero-order chi connectivity index (χ0) is 14.1. The van der Waals surface area contributed by atoms with Crippen LogP contribution in [0.5, 0.6) is 0 Å². The van der Waals surface area contributed by atoms with Crippen LogP contribution in [0, 0.1) is 6.92 Å². The Kier molecular flexibility index (Phi) is 3.10. The largest absolute Gasteiger partial charge is 0.481 e. The number of hydrogen-bond donors (Lipinski definition) is 2. The molecule has 0 spiro atoms. The predicted molar refractivity (Wildman–Crippen MR) is 74.6 cm³/mol. The summed E-state index contributed by atoms with van der Waals surface area (Å²) >= 11 is 0. The van der Waals surface area contributed by atoms with Crippen LogP contribution in [0.15, 0.2) is 36.8 Å². The van der Waals surface area contributed by atoms with Crippen molar-refractivity contribution in [1.82, 2.24) is 9.97 Å². The third-order valence-corrected chi connectivity index (χ3v) is 3.72. The molecule has 0 bridgehead atoms. The maximum absolute atomic E-state index is 11.4. The number of benzene rings is 1. The number of rotatable bonds is 3.